The number of hydrogen-bond donors (Lipinski definition) is 0. The Hall–Kier alpha value is -2.25. The third kappa shape index (κ3) is 3.45. The molecule has 1 aromatic rings. The summed E-state index contributed by atoms with van der Waals surface area (Å²) in [5, 5.41) is 0. The van der Waals surface area contributed by atoms with E-state index in [1.807, 2.05) is 6.08 Å². The van der Waals surface area contributed by atoms with Gasteiger partial charge in [0, 0.05) is 11.1 Å². The molecule has 0 heterocycles. The summed E-state index contributed by atoms with van der Waals surface area (Å²) in [6.07, 6.45) is 7.16. The summed E-state index contributed by atoms with van der Waals surface area (Å²) in [5.74, 6) is 7.17. The second kappa shape index (κ2) is 6.47. The van der Waals surface area contributed by atoms with E-state index >= 15 is 0 Å². The van der Waals surface area contributed by atoms with E-state index in [1.54, 1.807) is 0 Å². The summed E-state index contributed by atoms with van der Waals surface area (Å²) in [6, 6.07) is 4.17. The van der Waals surface area contributed by atoms with Gasteiger partial charge >= 0.3 is 0 Å². The molecule has 0 aliphatic heterocycles. The molecule has 1 heteroatoms. The van der Waals surface area contributed by atoms with E-state index in [1.165, 1.54) is 0 Å². The number of rotatable bonds is 2. The molecule has 0 radical (unpaired) electrons. The predicted molar refractivity (Wildman–Crippen MR) is 89.6 cm³/mol. The Balaban J connectivity index is 2.50. The zero-order valence-electron chi connectivity index (χ0n) is 13.2. The summed E-state index contributed by atoms with van der Waals surface area (Å²) in [4.78, 5) is 3.77. The van der Waals surface area contributed by atoms with Crippen molar-refractivity contribution >= 4 is 5.69 Å². The van der Waals surface area contributed by atoms with Gasteiger partial charge in [0.2, 0.25) is 0 Å². The van der Waals surface area contributed by atoms with Crippen molar-refractivity contribution in [1.29, 1.82) is 0 Å². The van der Waals surface area contributed by atoms with Crippen LogP contribution in [0.1, 0.15) is 62.6 Å². The van der Waals surface area contributed by atoms with E-state index in [0.717, 1.165) is 34.4 Å². The van der Waals surface area contributed by atoms with Gasteiger partial charge in [0.15, 0.2) is 5.69 Å². The summed E-state index contributed by atoms with van der Waals surface area (Å²) < 4.78 is 0. The molecular weight excluding hydrogens is 254 g/mol. The average Bonchev–Trinajstić information content (AvgIpc) is 2.97. The monoisotopic (exact) mass is 275 g/mol. The molecule has 106 valence electrons. The van der Waals surface area contributed by atoms with Gasteiger partial charge in [-0.15, -0.1) is 0 Å². The zero-order chi connectivity index (χ0) is 15.4. The van der Waals surface area contributed by atoms with Crippen molar-refractivity contribution in [3.05, 3.63) is 64.0 Å². The molecular formula is C20H21N. The molecule has 0 fully saturated rings. The van der Waals surface area contributed by atoms with Crippen LogP contribution in [0.5, 0.6) is 0 Å². The first-order valence-corrected chi connectivity index (χ1v) is 7.46. The van der Waals surface area contributed by atoms with Crippen molar-refractivity contribution in [3.63, 3.8) is 0 Å². The molecule has 0 aromatic heterocycles. The largest absolute Gasteiger partial charge is 0.238 e. The van der Waals surface area contributed by atoms with E-state index in [2.05, 4.69) is 68.7 Å². The second-order valence-electron chi connectivity index (χ2n) is 6.00. The number of hydrogen-bond acceptors (Lipinski definition) is 0. The molecule has 0 spiro atoms. The van der Waals surface area contributed by atoms with Crippen molar-refractivity contribution in [2.24, 2.45) is 0 Å². The Morgan fingerprint density at radius 3 is 2.10 bits per heavy atom. The van der Waals surface area contributed by atoms with Crippen LogP contribution in [0, 0.1) is 18.4 Å². The van der Waals surface area contributed by atoms with Crippen LogP contribution >= 0.6 is 0 Å². The van der Waals surface area contributed by atoms with Crippen LogP contribution in [0.15, 0.2) is 35.9 Å². The first-order valence-electron chi connectivity index (χ1n) is 7.46. The van der Waals surface area contributed by atoms with Crippen molar-refractivity contribution in [2.75, 3.05) is 0 Å². The first-order chi connectivity index (χ1) is 10.0. The number of allylic oxidation sites excluding steroid dienone is 4. The van der Waals surface area contributed by atoms with E-state index in [4.69, 9.17) is 6.57 Å². The Labute approximate surface area is 128 Å². The summed E-state index contributed by atoms with van der Waals surface area (Å²) >= 11 is 0. The maximum absolute atomic E-state index is 7.49. The van der Waals surface area contributed by atoms with Crippen molar-refractivity contribution in [3.8, 4) is 11.8 Å². The quantitative estimate of drug-likeness (QED) is 0.480. The van der Waals surface area contributed by atoms with Gasteiger partial charge < -0.3 is 0 Å². The smallest absolute Gasteiger partial charge is 0.194 e. The van der Waals surface area contributed by atoms with E-state index in [9.17, 15) is 0 Å². The molecule has 1 nitrogen and oxygen atoms in total. The highest BCUT2D eigenvalue weighted by molar-refractivity contribution is 5.64. The van der Waals surface area contributed by atoms with Gasteiger partial charge in [-0.1, -0.05) is 69.9 Å². The molecule has 2 rings (SSSR count). The maximum atomic E-state index is 7.49. The highest BCUT2D eigenvalue weighted by atomic mass is 14.7. The molecule has 0 unspecified atom stereocenters. The average molecular weight is 275 g/mol. The highest BCUT2D eigenvalue weighted by Crippen LogP contribution is 2.35. The second-order valence-corrected chi connectivity index (χ2v) is 6.00. The lowest BCUT2D eigenvalue weighted by Crippen LogP contribution is -1.96. The minimum Gasteiger partial charge on any atom is -0.238 e. The Morgan fingerprint density at radius 2 is 1.67 bits per heavy atom. The highest BCUT2D eigenvalue weighted by Gasteiger charge is 2.15. The van der Waals surface area contributed by atoms with Crippen LogP contribution in [-0.4, -0.2) is 0 Å². The lowest BCUT2D eigenvalue weighted by atomic mass is 9.90. The molecule has 0 N–H and O–H groups in total. The number of benzene rings is 1. The summed E-state index contributed by atoms with van der Waals surface area (Å²) in [7, 11) is 0. The van der Waals surface area contributed by atoms with Gasteiger partial charge in [0.05, 0.1) is 6.57 Å². The molecule has 0 bridgehead atoms. The van der Waals surface area contributed by atoms with Crippen LogP contribution in [0.4, 0.5) is 5.69 Å². The van der Waals surface area contributed by atoms with E-state index < -0.39 is 0 Å². The molecule has 1 aliphatic carbocycles. The normalized spacial score (nSPS) is 13.1. The minimum atomic E-state index is 0.334. The third-order valence-corrected chi connectivity index (χ3v) is 3.66. The van der Waals surface area contributed by atoms with Crippen LogP contribution in [-0.2, 0) is 0 Å². The van der Waals surface area contributed by atoms with E-state index in [0.29, 0.717) is 11.8 Å². The molecule has 0 saturated heterocycles. The van der Waals surface area contributed by atoms with Gasteiger partial charge in [-0.3, -0.25) is 0 Å². The fourth-order valence-electron chi connectivity index (χ4n) is 2.45. The van der Waals surface area contributed by atoms with Crippen molar-refractivity contribution < 1.29 is 0 Å². The van der Waals surface area contributed by atoms with E-state index in [-0.39, 0.29) is 0 Å². The molecule has 0 atom stereocenters. The van der Waals surface area contributed by atoms with Crippen molar-refractivity contribution in [2.45, 2.75) is 46.0 Å². The zero-order valence-corrected chi connectivity index (χ0v) is 13.2. The van der Waals surface area contributed by atoms with Gasteiger partial charge in [-0.25, -0.2) is 4.85 Å². The lowest BCUT2D eigenvalue weighted by Gasteiger charge is -2.15. The molecule has 1 aliphatic rings. The predicted octanol–water partition coefficient (Wildman–Crippen LogP) is 5.72. The molecule has 1 aromatic carbocycles. The summed E-state index contributed by atoms with van der Waals surface area (Å²) in [6.45, 7) is 16.0. The summed E-state index contributed by atoms with van der Waals surface area (Å²) in [5.41, 5.74) is 5.20. The lowest BCUT2D eigenvalue weighted by molar-refractivity contribution is 0.841. The Kier molecular flexibility index (Phi) is 4.66. The minimum absolute atomic E-state index is 0.334. The first kappa shape index (κ1) is 15.1. The maximum Gasteiger partial charge on any atom is 0.194 e. The van der Waals surface area contributed by atoms with Gasteiger partial charge in [0.25, 0.3) is 0 Å². The number of nitrogens with zero attached hydrogens (tertiary/aromatic N) is 1. The van der Waals surface area contributed by atoms with Crippen LogP contribution in [0.2, 0.25) is 0 Å². The topological polar surface area (TPSA) is 4.36 Å². The van der Waals surface area contributed by atoms with Gasteiger partial charge in [-0.05, 0) is 29.4 Å². The Morgan fingerprint density at radius 1 is 1.05 bits per heavy atom. The standard InChI is InChI=1S/C20H21N/c1-14(2)18-12-17(11-10-16-8-6-7-9-16)13-19(15(3)4)20(18)21-5/h6-8,12-15H,9H2,1-4H3. The SMILES string of the molecule is [C-]#[N+]c1c(C(C)C)cc(C#CC2=CC=CC2)cc1C(C)C. The molecule has 0 saturated carbocycles. The van der Waals surface area contributed by atoms with Crippen molar-refractivity contribution in [1.82, 2.24) is 0 Å². The fourth-order valence-corrected chi connectivity index (χ4v) is 2.45. The third-order valence-electron chi connectivity index (χ3n) is 3.66. The van der Waals surface area contributed by atoms with Gasteiger partial charge in [0.1, 0.15) is 0 Å². The molecule has 0 amide bonds. The van der Waals surface area contributed by atoms with Crippen LogP contribution < -0.4 is 0 Å². The van der Waals surface area contributed by atoms with Crippen LogP contribution in [0.25, 0.3) is 4.85 Å². The fraction of sp³-hybridized carbons (Fsp3) is 0.350. The molecule has 21 heavy (non-hydrogen) atoms. The van der Waals surface area contributed by atoms with Gasteiger partial charge in [-0.2, -0.15) is 0 Å². The Bertz CT molecular complexity index is 669. The van der Waals surface area contributed by atoms with Crippen LogP contribution in [0.3, 0.4) is 0 Å².